The van der Waals surface area contributed by atoms with Crippen molar-refractivity contribution in [2.75, 3.05) is 0 Å². The second-order valence-corrected chi connectivity index (χ2v) is 1.47. The van der Waals surface area contributed by atoms with Crippen LogP contribution in [-0.2, 0) is 3.74 Å². The summed E-state index contributed by atoms with van der Waals surface area (Å²) in [6.07, 6.45) is 0. The fourth-order valence-corrected chi connectivity index (χ4v) is 0. The number of rotatable bonds is 0. The summed E-state index contributed by atoms with van der Waals surface area (Å²) in [4.78, 5) is 0. The van der Waals surface area contributed by atoms with Gasteiger partial charge in [0.2, 0.25) is 0 Å². The molecule has 0 amide bonds. The van der Waals surface area contributed by atoms with E-state index in [2.05, 4.69) is 0 Å². The molecule has 0 aliphatic rings. The minimum absolute atomic E-state index is 0. The van der Waals surface area contributed by atoms with Gasteiger partial charge in [0.05, 0.1) is 0 Å². The van der Waals surface area contributed by atoms with Gasteiger partial charge in [0.15, 0.2) is 0 Å². The Morgan fingerprint density at radius 3 is 1.60 bits per heavy atom. The van der Waals surface area contributed by atoms with Gasteiger partial charge >= 0.3 is 56.8 Å². The smallest absolute Gasteiger partial charge is 1.00 e. The molecule has 5 heavy (non-hydrogen) atoms. The van der Waals surface area contributed by atoms with Crippen molar-refractivity contribution in [1.29, 1.82) is 0 Å². The molecule has 0 unspecified atom stereocenters. The van der Waals surface area contributed by atoms with Crippen LogP contribution in [0.1, 0.15) is 1.43 Å². The first-order chi connectivity index (χ1) is 1.73. The Labute approximate surface area is 58.0 Å². The van der Waals surface area contributed by atoms with Crippen molar-refractivity contribution in [2.45, 2.75) is 0 Å². The minimum atomic E-state index is -3.58. The Morgan fingerprint density at radius 2 is 1.60 bits per heavy atom. The Hall–Kier alpha value is 1.28. The fraction of sp³-hybridized carbons (Fsp3) is 0. The summed E-state index contributed by atoms with van der Waals surface area (Å²) in [5, 5.41) is 0. The summed E-state index contributed by atoms with van der Waals surface area (Å²) in [5.41, 5.74) is 0. The Morgan fingerprint density at radius 1 is 1.60 bits per heavy atom. The zero-order valence-corrected chi connectivity index (χ0v) is 6.90. The van der Waals surface area contributed by atoms with Crippen LogP contribution in [0.15, 0.2) is 0 Å². The van der Waals surface area contributed by atoms with E-state index < -0.39 is 15.3 Å². The quantitative estimate of drug-likeness (QED) is 0.341. The topological polar surface area (TPSA) is 57.5 Å². The number of hydrogen-bond donors (Lipinski definition) is 2. The molecule has 0 radical (unpaired) electrons. The summed E-state index contributed by atoms with van der Waals surface area (Å²) in [5.74, 6) is 0. The van der Waals surface area contributed by atoms with E-state index in [4.69, 9.17) is 11.9 Å². The van der Waals surface area contributed by atoms with Crippen LogP contribution < -0.4 is 29.6 Å². The van der Waals surface area contributed by atoms with E-state index >= 15 is 0 Å². The summed E-state index contributed by atoms with van der Waals surface area (Å²) in [6.45, 7) is 0. The summed E-state index contributed by atoms with van der Waals surface area (Å²) < 4.78 is 23.2. The average molecular weight is 150 g/mol. The summed E-state index contributed by atoms with van der Waals surface area (Å²) >= 11 is -3.58. The van der Waals surface area contributed by atoms with Gasteiger partial charge in [-0.3, -0.25) is 0 Å². The first kappa shape index (κ1) is 9.56. The molecule has 0 fully saturated rings. The molecule has 0 heterocycles. The largest absolute Gasteiger partial charge is 1.00 e. The molecule has 5 heteroatoms. The van der Waals surface area contributed by atoms with Gasteiger partial charge in [-0.15, -0.1) is 0 Å². The molecular weight excluding hydrogens is 146 g/mol. The van der Waals surface area contributed by atoms with Crippen molar-refractivity contribution in [3.63, 3.8) is 0 Å². The SMILES string of the molecule is O=[AsH](O)O.[H-].[Na+]. The van der Waals surface area contributed by atoms with Crippen molar-refractivity contribution < 1.29 is 42.9 Å². The Kier molecular flexibility index (Phi) is 10.1. The van der Waals surface area contributed by atoms with E-state index in [1.165, 1.54) is 0 Å². The zero-order chi connectivity index (χ0) is 3.58. The van der Waals surface area contributed by atoms with Gasteiger partial charge < -0.3 is 1.43 Å². The van der Waals surface area contributed by atoms with E-state index in [0.717, 1.165) is 0 Å². The third-order valence-electron chi connectivity index (χ3n) is 0. The second-order valence-electron chi connectivity index (χ2n) is 0.283. The van der Waals surface area contributed by atoms with E-state index in [0.29, 0.717) is 0 Å². The molecule has 0 aromatic carbocycles. The second kappa shape index (κ2) is 5.28. The van der Waals surface area contributed by atoms with Gasteiger partial charge in [-0.05, 0) is 0 Å². The van der Waals surface area contributed by atoms with Crippen molar-refractivity contribution in [3.8, 4) is 0 Å². The van der Waals surface area contributed by atoms with Gasteiger partial charge in [-0.1, -0.05) is 0 Å². The van der Waals surface area contributed by atoms with Crippen molar-refractivity contribution in [3.05, 3.63) is 0 Å². The average Bonchev–Trinajstić information content (AvgIpc) is 0.811. The van der Waals surface area contributed by atoms with Crippen molar-refractivity contribution in [1.82, 2.24) is 0 Å². The summed E-state index contributed by atoms with van der Waals surface area (Å²) in [6, 6.07) is 0. The molecule has 0 bridgehead atoms. The first-order valence-electron chi connectivity index (χ1n) is 0.651. The van der Waals surface area contributed by atoms with Crippen LogP contribution in [0.3, 0.4) is 0 Å². The zero-order valence-electron chi connectivity index (χ0n) is 3.80. The molecule has 0 aromatic heterocycles. The maximum absolute atomic E-state index is 8.81. The van der Waals surface area contributed by atoms with Crippen LogP contribution >= 0.6 is 0 Å². The van der Waals surface area contributed by atoms with Gasteiger partial charge in [-0.2, -0.15) is 0 Å². The molecule has 28 valence electrons. The van der Waals surface area contributed by atoms with E-state index in [9.17, 15) is 0 Å². The van der Waals surface area contributed by atoms with E-state index in [1.807, 2.05) is 0 Å². The van der Waals surface area contributed by atoms with Crippen LogP contribution in [0.25, 0.3) is 0 Å². The van der Waals surface area contributed by atoms with E-state index in [1.54, 1.807) is 0 Å². The van der Waals surface area contributed by atoms with Crippen LogP contribution in [0.4, 0.5) is 0 Å². The van der Waals surface area contributed by atoms with Crippen molar-refractivity contribution >= 4 is 15.3 Å². The van der Waals surface area contributed by atoms with E-state index in [-0.39, 0.29) is 31.0 Å². The third kappa shape index (κ3) is 34.7. The van der Waals surface area contributed by atoms with Crippen LogP contribution in [0.2, 0.25) is 0 Å². The molecule has 0 atom stereocenters. The fourth-order valence-electron chi connectivity index (χ4n) is 0. The number of hydrogen-bond acceptors (Lipinski definition) is 1. The predicted molar refractivity (Wildman–Crippen MR) is 13.4 cm³/mol. The van der Waals surface area contributed by atoms with Gasteiger partial charge in [-0.25, -0.2) is 0 Å². The monoisotopic (exact) mass is 150 g/mol. The minimum Gasteiger partial charge on any atom is -1.00 e. The molecule has 0 aliphatic carbocycles. The Balaban J connectivity index is -0.0000000450. The molecule has 0 saturated heterocycles. The molecule has 3 nitrogen and oxygen atoms in total. The van der Waals surface area contributed by atoms with Crippen LogP contribution in [0.5, 0.6) is 0 Å². The molecular formula is H4AsNaO3. The Bertz CT molecular complexity index is 33.8. The first-order valence-corrected chi connectivity index (χ1v) is 3.38. The molecule has 2 N–H and O–H groups in total. The molecule has 0 aliphatic heterocycles. The van der Waals surface area contributed by atoms with Crippen molar-refractivity contribution in [2.24, 2.45) is 0 Å². The van der Waals surface area contributed by atoms with Gasteiger partial charge in [0.1, 0.15) is 0 Å². The normalized spacial score (nSPS) is 7.00. The predicted octanol–water partition coefficient (Wildman–Crippen LogP) is -4.76. The van der Waals surface area contributed by atoms with Gasteiger partial charge in [0, 0.05) is 0 Å². The van der Waals surface area contributed by atoms with Crippen LogP contribution in [0, 0.1) is 0 Å². The summed E-state index contributed by atoms with van der Waals surface area (Å²) in [7, 11) is 0. The van der Waals surface area contributed by atoms with Gasteiger partial charge in [0.25, 0.3) is 0 Å². The molecule has 0 aromatic rings. The maximum atomic E-state index is 8.81. The molecule has 0 spiro atoms. The molecule has 0 saturated carbocycles. The van der Waals surface area contributed by atoms with Crippen LogP contribution in [-0.4, -0.2) is 23.5 Å². The standard InChI is InChI=1S/AsH3O3.Na.H/c2-1(3)4;;/h1H,(H2,2,3,4);;/q;+1;-1. The molecule has 0 rings (SSSR count). The third-order valence-corrected chi connectivity index (χ3v) is 0. The maximum Gasteiger partial charge on any atom is 1.00 e.